The first kappa shape index (κ1) is 14.9. The third-order valence-corrected chi connectivity index (χ3v) is 4.89. The lowest BCUT2D eigenvalue weighted by molar-refractivity contribution is -0.130. The largest absolute Gasteiger partial charge is 0.339 e. The van der Waals surface area contributed by atoms with Crippen molar-refractivity contribution in [1.82, 2.24) is 15.1 Å². The summed E-state index contributed by atoms with van der Waals surface area (Å²) in [5, 5.41) is 3.24. The van der Waals surface area contributed by atoms with Gasteiger partial charge in [-0.05, 0) is 24.8 Å². The molecule has 3 amide bonds. The van der Waals surface area contributed by atoms with E-state index in [2.05, 4.69) is 17.4 Å². The molecule has 1 N–H and O–H groups in total. The number of amides is 3. The molecule has 0 unspecified atom stereocenters. The lowest BCUT2D eigenvalue weighted by Gasteiger charge is -2.45. The van der Waals surface area contributed by atoms with Gasteiger partial charge in [-0.15, -0.1) is 0 Å². The van der Waals surface area contributed by atoms with Crippen LogP contribution in [-0.2, 0) is 10.3 Å². The number of hydrogen-bond acceptors (Lipinski definition) is 2. The van der Waals surface area contributed by atoms with Gasteiger partial charge in [-0.3, -0.25) is 4.79 Å². The van der Waals surface area contributed by atoms with Crippen molar-refractivity contribution in [2.75, 3.05) is 26.2 Å². The molecule has 1 heterocycles. The average Bonchev–Trinajstić information content (AvgIpc) is 2.51. The maximum absolute atomic E-state index is 12.6. The van der Waals surface area contributed by atoms with Crippen LogP contribution in [-0.4, -0.2) is 47.9 Å². The molecule has 0 spiro atoms. The molecule has 5 nitrogen and oxygen atoms in total. The van der Waals surface area contributed by atoms with Gasteiger partial charge < -0.3 is 15.1 Å². The third kappa shape index (κ3) is 2.80. The number of carbonyl (C=O) groups excluding carboxylic acids is 2. The van der Waals surface area contributed by atoms with Gasteiger partial charge in [-0.25, -0.2) is 4.79 Å². The summed E-state index contributed by atoms with van der Waals surface area (Å²) in [7, 11) is 0. The standard InChI is InChI=1S/C17H23N3O2/c1-14(21)19-10-12-20(13-11-19)16(22)18-17(8-5-9-17)15-6-3-2-4-7-15/h2-4,6-7H,5,8-13H2,1H3,(H,18,22). The SMILES string of the molecule is CC(=O)N1CCN(C(=O)NC2(c3ccccc3)CCC2)CC1. The molecule has 5 heteroatoms. The number of nitrogens with zero attached hydrogens (tertiary/aromatic N) is 2. The maximum Gasteiger partial charge on any atom is 0.318 e. The molecule has 2 aliphatic rings. The average molecular weight is 301 g/mol. The van der Waals surface area contributed by atoms with Gasteiger partial charge in [-0.2, -0.15) is 0 Å². The van der Waals surface area contributed by atoms with Crippen molar-refractivity contribution < 1.29 is 9.59 Å². The van der Waals surface area contributed by atoms with Crippen LogP contribution in [0.5, 0.6) is 0 Å². The normalized spacial score (nSPS) is 20.2. The van der Waals surface area contributed by atoms with E-state index in [1.54, 1.807) is 11.8 Å². The summed E-state index contributed by atoms with van der Waals surface area (Å²) in [6.07, 6.45) is 3.14. The predicted octanol–water partition coefficient (Wildman–Crippen LogP) is 1.94. The van der Waals surface area contributed by atoms with E-state index in [1.807, 2.05) is 23.1 Å². The Bertz CT molecular complexity index is 546. The molecule has 1 saturated carbocycles. The smallest absolute Gasteiger partial charge is 0.318 e. The zero-order valence-corrected chi connectivity index (χ0v) is 13.0. The number of urea groups is 1. The van der Waals surface area contributed by atoms with Gasteiger partial charge in [0, 0.05) is 33.1 Å². The number of hydrogen-bond donors (Lipinski definition) is 1. The zero-order chi connectivity index (χ0) is 15.6. The van der Waals surface area contributed by atoms with E-state index in [1.165, 1.54) is 5.56 Å². The Morgan fingerprint density at radius 1 is 1.00 bits per heavy atom. The zero-order valence-electron chi connectivity index (χ0n) is 13.0. The molecule has 3 rings (SSSR count). The molecule has 2 fully saturated rings. The van der Waals surface area contributed by atoms with Crippen molar-refractivity contribution in [3.05, 3.63) is 35.9 Å². The quantitative estimate of drug-likeness (QED) is 0.907. The summed E-state index contributed by atoms with van der Waals surface area (Å²) in [4.78, 5) is 27.5. The molecule has 1 aromatic carbocycles. The molecular formula is C17H23N3O2. The highest BCUT2D eigenvalue weighted by molar-refractivity contribution is 5.77. The summed E-state index contributed by atoms with van der Waals surface area (Å²) in [5.41, 5.74) is 0.993. The van der Waals surface area contributed by atoms with Crippen LogP contribution >= 0.6 is 0 Å². The van der Waals surface area contributed by atoms with Crippen LogP contribution in [0, 0.1) is 0 Å². The summed E-state index contributed by atoms with van der Waals surface area (Å²) >= 11 is 0. The van der Waals surface area contributed by atoms with E-state index >= 15 is 0 Å². The minimum Gasteiger partial charge on any atom is -0.339 e. The first-order valence-electron chi connectivity index (χ1n) is 7.99. The van der Waals surface area contributed by atoms with E-state index in [0.717, 1.165) is 19.3 Å². The highest BCUT2D eigenvalue weighted by atomic mass is 16.2. The fourth-order valence-corrected chi connectivity index (χ4v) is 3.28. The fourth-order valence-electron chi connectivity index (χ4n) is 3.28. The lowest BCUT2D eigenvalue weighted by Crippen LogP contribution is -2.58. The summed E-state index contributed by atoms with van der Waals surface area (Å²) in [5.74, 6) is 0.0832. The van der Waals surface area contributed by atoms with Gasteiger partial charge in [0.05, 0.1) is 5.54 Å². The van der Waals surface area contributed by atoms with E-state index in [4.69, 9.17) is 0 Å². The number of rotatable bonds is 2. The number of nitrogens with one attached hydrogen (secondary N) is 1. The molecule has 0 aromatic heterocycles. The number of carbonyl (C=O) groups is 2. The first-order chi connectivity index (χ1) is 10.6. The Morgan fingerprint density at radius 2 is 1.59 bits per heavy atom. The molecule has 1 aliphatic heterocycles. The minimum atomic E-state index is -0.198. The molecular weight excluding hydrogens is 278 g/mol. The molecule has 0 bridgehead atoms. The fraction of sp³-hybridized carbons (Fsp3) is 0.529. The predicted molar refractivity (Wildman–Crippen MR) is 84.3 cm³/mol. The number of piperazine rings is 1. The Balaban J connectivity index is 1.63. The van der Waals surface area contributed by atoms with Crippen molar-refractivity contribution in [3.63, 3.8) is 0 Å². The van der Waals surface area contributed by atoms with Crippen LogP contribution in [0.25, 0.3) is 0 Å². The van der Waals surface area contributed by atoms with Crippen LogP contribution in [0.3, 0.4) is 0 Å². The third-order valence-electron chi connectivity index (χ3n) is 4.89. The molecule has 1 saturated heterocycles. The Kier molecular flexibility index (Phi) is 4.05. The summed E-state index contributed by atoms with van der Waals surface area (Å²) < 4.78 is 0. The van der Waals surface area contributed by atoms with Gasteiger partial charge in [-0.1, -0.05) is 30.3 Å². The van der Waals surface area contributed by atoms with Crippen LogP contribution < -0.4 is 5.32 Å². The Hall–Kier alpha value is -2.04. The van der Waals surface area contributed by atoms with E-state index < -0.39 is 0 Å². The molecule has 22 heavy (non-hydrogen) atoms. The van der Waals surface area contributed by atoms with E-state index in [-0.39, 0.29) is 17.5 Å². The molecule has 0 atom stereocenters. The topological polar surface area (TPSA) is 52.7 Å². The van der Waals surface area contributed by atoms with Crippen molar-refractivity contribution >= 4 is 11.9 Å². The van der Waals surface area contributed by atoms with Crippen molar-refractivity contribution in [1.29, 1.82) is 0 Å². The Labute approximate surface area is 131 Å². The van der Waals surface area contributed by atoms with Gasteiger partial charge in [0.2, 0.25) is 5.91 Å². The second-order valence-corrected chi connectivity index (χ2v) is 6.22. The van der Waals surface area contributed by atoms with Crippen molar-refractivity contribution in [2.45, 2.75) is 31.7 Å². The molecule has 1 aliphatic carbocycles. The lowest BCUT2D eigenvalue weighted by atomic mass is 9.72. The van der Waals surface area contributed by atoms with Gasteiger partial charge in [0.25, 0.3) is 0 Å². The second-order valence-electron chi connectivity index (χ2n) is 6.22. The Morgan fingerprint density at radius 3 is 2.09 bits per heavy atom. The van der Waals surface area contributed by atoms with Gasteiger partial charge in [0.1, 0.15) is 0 Å². The highest BCUT2D eigenvalue weighted by Gasteiger charge is 2.41. The summed E-state index contributed by atoms with van der Waals surface area (Å²) in [6.45, 7) is 4.04. The maximum atomic E-state index is 12.6. The second kappa shape index (κ2) is 5.99. The van der Waals surface area contributed by atoms with Gasteiger partial charge in [0.15, 0.2) is 0 Å². The van der Waals surface area contributed by atoms with Crippen molar-refractivity contribution in [2.24, 2.45) is 0 Å². The minimum absolute atomic E-state index is 0.00763. The number of benzene rings is 1. The first-order valence-corrected chi connectivity index (χ1v) is 7.99. The highest BCUT2D eigenvalue weighted by Crippen LogP contribution is 2.41. The van der Waals surface area contributed by atoms with Crippen LogP contribution in [0.15, 0.2) is 30.3 Å². The summed E-state index contributed by atoms with van der Waals surface area (Å²) in [6, 6.07) is 10.2. The van der Waals surface area contributed by atoms with Crippen LogP contribution in [0.1, 0.15) is 31.7 Å². The van der Waals surface area contributed by atoms with E-state index in [9.17, 15) is 9.59 Å². The van der Waals surface area contributed by atoms with Crippen LogP contribution in [0.4, 0.5) is 4.79 Å². The van der Waals surface area contributed by atoms with Crippen LogP contribution in [0.2, 0.25) is 0 Å². The van der Waals surface area contributed by atoms with Crippen molar-refractivity contribution in [3.8, 4) is 0 Å². The molecule has 0 radical (unpaired) electrons. The van der Waals surface area contributed by atoms with Gasteiger partial charge >= 0.3 is 6.03 Å². The van der Waals surface area contributed by atoms with E-state index in [0.29, 0.717) is 26.2 Å². The molecule has 118 valence electrons. The molecule has 1 aromatic rings. The monoisotopic (exact) mass is 301 g/mol.